The van der Waals surface area contributed by atoms with E-state index in [9.17, 15) is 36.8 Å². The molecule has 3 aromatic rings. The molecule has 3 unspecified atom stereocenters. The molecule has 0 saturated heterocycles. The smallest absolute Gasteiger partial charge is 0.266 e. The van der Waals surface area contributed by atoms with E-state index in [1.54, 1.807) is 39.4 Å². The lowest BCUT2D eigenvalue weighted by Crippen LogP contribution is -2.55. The molecule has 3 N–H and O–H groups in total. The van der Waals surface area contributed by atoms with Crippen LogP contribution in [0.2, 0.25) is 0 Å². The number of carbonyl (C=O) groups excluding carboxylic acids is 2. The van der Waals surface area contributed by atoms with E-state index in [4.69, 9.17) is 9.47 Å². The number of thioether (sulfide) groups is 2. The Morgan fingerprint density at radius 3 is 1.77 bits per heavy atom. The molecule has 57 heavy (non-hydrogen) atoms. The first-order chi connectivity index (χ1) is 27.0. The van der Waals surface area contributed by atoms with Crippen molar-refractivity contribution in [2.75, 3.05) is 33.6 Å². The molecule has 14 nitrogen and oxygen atoms in total. The molecule has 0 spiro atoms. The second-order valence-corrected chi connectivity index (χ2v) is 19.5. The van der Waals surface area contributed by atoms with E-state index in [0.29, 0.717) is 21.7 Å². The summed E-state index contributed by atoms with van der Waals surface area (Å²) in [7, 11) is -6.72. The second kappa shape index (κ2) is 21.5. The van der Waals surface area contributed by atoms with E-state index in [-0.39, 0.29) is 34.6 Å². The van der Waals surface area contributed by atoms with Gasteiger partial charge in [0.05, 0.1) is 15.7 Å². The minimum absolute atomic E-state index is 0.0146. The molecule has 0 aliphatic carbocycles. The van der Waals surface area contributed by atoms with Crippen LogP contribution < -0.4 is 15.0 Å². The number of hydrazine groups is 1. The minimum Gasteiger partial charge on any atom is -0.481 e. The van der Waals surface area contributed by atoms with Gasteiger partial charge in [-0.15, -0.1) is 17.0 Å². The molecule has 3 aromatic carbocycles. The summed E-state index contributed by atoms with van der Waals surface area (Å²) < 4.78 is 66.5. The van der Waals surface area contributed by atoms with Gasteiger partial charge in [0.15, 0.2) is 0 Å². The molecule has 2 amide bonds. The third-order valence-corrected chi connectivity index (χ3v) is 15.0. The molecule has 0 fully saturated rings. The largest absolute Gasteiger partial charge is 0.481 e. The number of amides is 2. The summed E-state index contributed by atoms with van der Waals surface area (Å²) in [5.41, 5.74) is 2.49. The fourth-order valence-electron chi connectivity index (χ4n) is 5.49. The van der Waals surface area contributed by atoms with Crippen LogP contribution in [0, 0.1) is 29.6 Å². The van der Waals surface area contributed by atoms with Gasteiger partial charge in [0.2, 0.25) is 10.0 Å². The third-order valence-electron chi connectivity index (χ3n) is 8.89. The predicted octanol–water partition coefficient (Wildman–Crippen LogP) is 4.89. The van der Waals surface area contributed by atoms with E-state index in [0.717, 1.165) is 28.7 Å². The number of hydroxylamine groups is 2. The van der Waals surface area contributed by atoms with E-state index in [1.165, 1.54) is 67.3 Å². The Labute approximate surface area is 344 Å². The van der Waals surface area contributed by atoms with Gasteiger partial charge in [-0.1, -0.05) is 46.6 Å². The zero-order chi connectivity index (χ0) is 42.4. The molecule has 0 aromatic heterocycles. The minimum atomic E-state index is -4.51. The van der Waals surface area contributed by atoms with Crippen LogP contribution in [0.25, 0.3) is 0 Å². The maximum Gasteiger partial charge on any atom is 0.266 e. The number of carbonyl (C=O) groups is 2. The lowest BCUT2D eigenvalue weighted by Gasteiger charge is -2.40. The Morgan fingerprint density at radius 1 is 0.825 bits per heavy atom. The molecule has 0 saturated carbocycles. The number of ether oxygens (including phenoxy) is 2. The first kappa shape index (κ1) is 47.1. The van der Waals surface area contributed by atoms with Crippen molar-refractivity contribution in [2.45, 2.75) is 65.7 Å². The van der Waals surface area contributed by atoms with Crippen molar-refractivity contribution in [3.8, 4) is 35.2 Å². The number of likely N-dealkylation sites (N-methyl/N-ethyl adjacent to an activating group) is 1. The van der Waals surface area contributed by atoms with Crippen molar-refractivity contribution in [2.24, 2.45) is 5.92 Å². The summed E-state index contributed by atoms with van der Waals surface area (Å²) in [6, 6.07) is 18.6. The molecule has 3 atom stereocenters. The molecule has 0 heterocycles. The highest BCUT2D eigenvalue weighted by Crippen LogP contribution is 2.41. The SMILES string of the molecule is CC#CCOc1ccc(S(=O)(=O)N(C)C(C(=O)NO)C(CC(C(=O)N(O)N(C)S(=O)(=O)c2ccc(OCC#CC)cc2)C(C)(C)SCc2ccccc2)SC)cc1. The van der Waals surface area contributed by atoms with E-state index in [2.05, 4.69) is 23.7 Å². The standard InChI is InChI=1S/C39H48N4O10S4/c1-8-10-25-52-30-17-21-32(22-18-30)56(48,49)41(5)36(37(44)40-46)35(54-7)27-34(39(3,4)55-28-29-15-13-12-14-16-29)38(45)43(47)42(6)57(50,51)33-23-19-31(20-24-33)53-26-11-9-2/h12-24,34-36,46-47H,25-28H2,1-7H3,(H,40,44). The molecule has 3 rings (SSSR count). The summed E-state index contributed by atoms with van der Waals surface area (Å²) in [6.07, 6.45) is 1.35. The van der Waals surface area contributed by atoms with Gasteiger partial charge in [-0.2, -0.15) is 27.8 Å². The molecular formula is C39H48N4O10S4. The van der Waals surface area contributed by atoms with E-state index >= 15 is 0 Å². The van der Waals surface area contributed by atoms with Crippen LogP contribution in [-0.4, -0.2) is 103 Å². The van der Waals surface area contributed by atoms with Crippen LogP contribution in [0.1, 0.15) is 39.7 Å². The second-order valence-electron chi connectivity index (χ2n) is 12.8. The van der Waals surface area contributed by atoms with Gasteiger partial charge >= 0.3 is 0 Å². The monoisotopic (exact) mass is 860 g/mol. The fourth-order valence-corrected chi connectivity index (χ4v) is 10.1. The Hall–Kier alpha value is -4.24. The number of benzene rings is 3. The van der Waals surface area contributed by atoms with Gasteiger partial charge in [0.1, 0.15) is 30.8 Å². The summed E-state index contributed by atoms with van der Waals surface area (Å²) >= 11 is 2.40. The van der Waals surface area contributed by atoms with Crippen molar-refractivity contribution in [3.63, 3.8) is 0 Å². The number of hydrogen-bond acceptors (Lipinski definition) is 12. The molecule has 18 heteroatoms. The molecule has 0 bridgehead atoms. The van der Waals surface area contributed by atoms with Gasteiger partial charge in [-0.05, 0) is 94.5 Å². The van der Waals surface area contributed by atoms with Crippen molar-refractivity contribution in [1.29, 1.82) is 0 Å². The Bertz CT molecular complexity index is 2150. The van der Waals surface area contributed by atoms with E-state index in [1.807, 2.05) is 30.3 Å². The predicted molar refractivity (Wildman–Crippen MR) is 220 cm³/mol. The first-order valence-electron chi connectivity index (χ1n) is 17.4. The van der Waals surface area contributed by atoms with Crippen LogP contribution in [0.5, 0.6) is 11.5 Å². The maximum absolute atomic E-state index is 14.5. The molecule has 0 aliphatic rings. The number of hydrogen-bond donors (Lipinski definition) is 3. The average molecular weight is 861 g/mol. The Kier molecular flexibility index (Phi) is 17.8. The number of nitrogens with zero attached hydrogens (tertiary/aromatic N) is 3. The summed E-state index contributed by atoms with van der Waals surface area (Å²) in [4.78, 5) is 27.4. The lowest BCUT2D eigenvalue weighted by molar-refractivity contribution is -0.211. The number of sulfonamides is 2. The molecular weight excluding hydrogens is 813 g/mol. The topological polar surface area (TPSA) is 183 Å². The van der Waals surface area contributed by atoms with Crippen LogP contribution in [0.4, 0.5) is 0 Å². The number of rotatable bonds is 20. The lowest BCUT2D eigenvalue weighted by atomic mass is 9.87. The Morgan fingerprint density at radius 2 is 1.32 bits per heavy atom. The van der Waals surface area contributed by atoms with Gasteiger partial charge in [-0.3, -0.25) is 20.0 Å². The molecule has 0 aliphatic heterocycles. The highest BCUT2D eigenvalue weighted by Gasteiger charge is 2.46. The van der Waals surface area contributed by atoms with Gasteiger partial charge in [-0.25, -0.2) is 22.3 Å². The average Bonchev–Trinajstić information content (AvgIpc) is 3.21. The quantitative estimate of drug-likeness (QED) is 0.0797. The third kappa shape index (κ3) is 12.4. The summed E-state index contributed by atoms with van der Waals surface area (Å²) in [6.45, 7) is 6.98. The van der Waals surface area contributed by atoms with Crippen molar-refractivity contribution in [1.82, 2.24) is 19.4 Å². The highest BCUT2D eigenvalue weighted by atomic mass is 32.2. The fraction of sp³-hybridized carbons (Fsp3) is 0.385. The maximum atomic E-state index is 14.5. The van der Waals surface area contributed by atoms with Crippen molar-refractivity contribution in [3.05, 3.63) is 84.4 Å². The Balaban J connectivity index is 2.02. The van der Waals surface area contributed by atoms with E-state index < -0.39 is 53.8 Å². The van der Waals surface area contributed by atoms with Crippen molar-refractivity contribution >= 4 is 55.4 Å². The van der Waals surface area contributed by atoms with Crippen LogP contribution in [0.3, 0.4) is 0 Å². The first-order valence-corrected chi connectivity index (χ1v) is 22.5. The molecule has 308 valence electrons. The number of nitrogens with one attached hydrogen (secondary N) is 1. The summed E-state index contributed by atoms with van der Waals surface area (Å²) in [5, 5.41) is 20.2. The van der Waals surface area contributed by atoms with Crippen molar-refractivity contribution < 1.29 is 46.3 Å². The summed E-state index contributed by atoms with van der Waals surface area (Å²) in [5.74, 6) is 8.65. The normalized spacial score (nSPS) is 13.3. The van der Waals surface area contributed by atoms with Gasteiger partial charge in [0, 0.05) is 29.8 Å². The van der Waals surface area contributed by atoms with Gasteiger partial charge < -0.3 is 9.47 Å². The molecule has 0 radical (unpaired) electrons. The van der Waals surface area contributed by atoms with Crippen LogP contribution >= 0.6 is 23.5 Å². The zero-order valence-corrected chi connectivity index (χ0v) is 36.0. The zero-order valence-electron chi connectivity index (χ0n) is 32.7. The van der Waals surface area contributed by atoms with Crippen LogP contribution in [-0.2, 0) is 35.4 Å². The van der Waals surface area contributed by atoms with Crippen LogP contribution in [0.15, 0.2) is 88.7 Å². The van der Waals surface area contributed by atoms with Gasteiger partial charge in [0.25, 0.3) is 21.8 Å². The highest BCUT2D eigenvalue weighted by molar-refractivity contribution is 8.00.